The molecule has 2 atom stereocenters. The van der Waals surface area contributed by atoms with Gasteiger partial charge in [-0.15, -0.1) is 5.10 Å². The summed E-state index contributed by atoms with van der Waals surface area (Å²) in [5.74, 6) is -0.941. The Kier molecular flexibility index (Phi) is 8.46. The molecule has 1 fully saturated rings. The lowest BCUT2D eigenvalue weighted by atomic mass is 9.72. The van der Waals surface area contributed by atoms with Crippen LogP contribution < -0.4 is 4.74 Å². The number of hydrogen-bond donors (Lipinski definition) is 1. The fraction of sp³-hybridized carbons (Fsp3) is 0.500. The van der Waals surface area contributed by atoms with E-state index in [0.717, 1.165) is 24.1 Å². The second kappa shape index (κ2) is 11.7. The minimum atomic E-state index is -3.86. The number of aromatic nitrogens is 3. The number of hydrogen-bond acceptors (Lipinski definition) is 6. The summed E-state index contributed by atoms with van der Waals surface area (Å²) in [6.07, 6.45) is 6.80. The van der Waals surface area contributed by atoms with Gasteiger partial charge in [0.2, 0.25) is 10.0 Å². The molecule has 0 amide bonds. The second-order valence-electron chi connectivity index (χ2n) is 11.6. The highest BCUT2D eigenvalue weighted by Gasteiger charge is 2.39. The fourth-order valence-corrected chi connectivity index (χ4v) is 7.32. The number of para-hydroxylation sites is 1. The predicted octanol–water partition coefficient (Wildman–Crippen LogP) is 5.85. The summed E-state index contributed by atoms with van der Waals surface area (Å²) in [5.41, 5.74) is 1.14. The lowest BCUT2D eigenvalue weighted by molar-refractivity contribution is -0.148. The third kappa shape index (κ3) is 6.01. The van der Waals surface area contributed by atoms with E-state index in [-0.39, 0.29) is 30.0 Å². The third-order valence-corrected chi connectivity index (χ3v) is 10.8. The standard InChI is InChI=1S/C30H37ClN4O5S/c1-4-24-19-34(41(38,39)28-11-6-5-10-27(28)40-24)17-21-16-20(12-15-26(21)31)25(30(2,3)29(36)37)14-13-22-18-35(33-32-22)23-8-7-9-23/h5-6,10-12,15-16,18,23-25H,4,7-9,13-14,17,19H2,1-3H3,(H,36,37)/t24-,25-/m1/s1. The molecule has 0 saturated heterocycles. The van der Waals surface area contributed by atoms with E-state index in [2.05, 4.69) is 10.3 Å². The largest absolute Gasteiger partial charge is 0.488 e. The van der Waals surface area contributed by atoms with Crippen molar-refractivity contribution in [1.82, 2.24) is 19.3 Å². The van der Waals surface area contributed by atoms with Crippen LogP contribution in [0.15, 0.2) is 53.6 Å². The molecule has 2 aromatic carbocycles. The van der Waals surface area contributed by atoms with Crippen molar-refractivity contribution in [2.24, 2.45) is 5.41 Å². The van der Waals surface area contributed by atoms with E-state index in [1.54, 1.807) is 44.2 Å². The average Bonchev–Trinajstić information content (AvgIpc) is 3.32. The summed E-state index contributed by atoms with van der Waals surface area (Å²) in [7, 11) is -3.86. The smallest absolute Gasteiger partial charge is 0.309 e. The summed E-state index contributed by atoms with van der Waals surface area (Å²) in [4.78, 5) is 12.5. The molecule has 1 aliphatic heterocycles. The van der Waals surface area contributed by atoms with Crippen molar-refractivity contribution in [3.63, 3.8) is 0 Å². The first-order chi connectivity index (χ1) is 19.5. The Balaban J connectivity index is 1.44. The molecule has 1 saturated carbocycles. The van der Waals surface area contributed by atoms with E-state index >= 15 is 0 Å². The number of carbonyl (C=O) groups is 1. The lowest BCUT2D eigenvalue weighted by Crippen LogP contribution is -2.36. The van der Waals surface area contributed by atoms with Crippen molar-refractivity contribution in [3.8, 4) is 5.75 Å². The highest BCUT2D eigenvalue weighted by atomic mass is 35.5. The van der Waals surface area contributed by atoms with Gasteiger partial charge in [-0.05, 0) is 87.6 Å². The van der Waals surface area contributed by atoms with Crippen LogP contribution in [0.4, 0.5) is 0 Å². The van der Waals surface area contributed by atoms with E-state index in [0.29, 0.717) is 41.6 Å². The van der Waals surface area contributed by atoms with Gasteiger partial charge in [-0.2, -0.15) is 4.31 Å². The molecule has 9 nitrogen and oxygen atoms in total. The minimum absolute atomic E-state index is 0.0408. The maximum atomic E-state index is 13.7. The average molecular weight is 601 g/mol. The molecule has 1 aromatic heterocycles. The molecule has 41 heavy (non-hydrogen) atoms. The molecule has 11 heteroatoms. The topological polar surface area (TPSA) is 115 Å². The first kappa shape index (κ1) is 29.5. The van der Waals surface area contributed by atoms with E-state index < -0.39 is 21.4 Å². The van der Waals surface area contributed by atoms with Gasteiger partial charge in [0.15, 0.2) is 0 Å². The zero-order valence-electron chi connectivity index (χ0n) is 23.7. The Hall–Kier alpha value is -2.95. The Morgan fingerprint density at radius 3 is 2.66 bits per heavy atom. The van der Waals surface area contributed by atoms with Crippen LogP contribution in [-0.2, 0) is 27.8 Å². The summed E-state index contributed by atoms with van der Waals surface area (Å²) in [6.45, 7) is 5.62. The third-order valence-electron chi connectivity index (χ3n) is 8.56. The first-order valence-corrected chi connectivity index (χ1v) is 16.0. The van der Waals surface area contributed by atoms with Crippen molar-refractivity contribution < 1.29 is 23.1 Å². The Bertz CT molecular complexity index is 1520. The maximum Gasteiger partial charge on any atom is 0.309 e. The van der Waals surface area contributed by atoms with Gasteiger partial charge in [0.05, 0.1) is 23.7 Å². The lowest BCUT2D eigenvalue weighted by Gasteiger charge is -2.31. The minimum Gasteiger partial charge on any atom is -0.488 e. The van der Waals surface area contributed by atoms with Crippen molar-refractivity contribution in [2.75, 3.05) is 6.54 Å². The number of nitrogens with zero attached hydrogens (tertiary/aromatic N) is 4. The van der Waals surface area contributed by atoms with Crippen LogP contribution in [-0.4, -0.2) is 51.4 Å². The molecular formula is C30H37ClN4O5S. The van der Waals surface area contributed by atoms with Gasteiger partial charge in [-0.3, -0.25) is 4.79 Å². The van der Waals surface area contributed by atoms with Crippen molar-refractivity contribution in [1.29, 1.82) is 0 Å². The predicted molar refractivity (Wildman–Crippen MR) is 156 cm³/mol. The summed E-state index contributed by atoms with van der Waals surface area (Å²) in [6, 6.07) is 12.5. The van der Waals surface area contributed by atoms with Gasteiger partial charge in [-0.1, -0.05) is 48.0 Å². The number of rotatable bonds is 10. The highest BCUT2D eigenvalue weighted by Crippen LogP contribution is 2.41. The normalized spacial score (nSPS) is 20.0. The number of aryl methyl sites for hydroxylation is 1. The Labute approximate surface area is 246 Å². The number of carboxylic acid groups (broad SMARTS) is 1. The number of fused-ring (bicyclic) bond motifs is 1. The van der Waals surface area contributed by atoms with Crippen LogP contribution in [0.25, 0.3) is 0 Å². The quantitative estimate of drug-likeness (QED) is 0.311. The summed E-state index contributed by atoms with van der Waals surface area (Å²) in [5, 5.41) is 19.2. The number of ether oxygens (including phenoxy) is 1. The van der Waals surface area contributed by atoms with Gasteiger partial charge < -0.3 is 9.84 Å². The van der Waals surface area contributed by atoms with Gasteiger partial charge in [0, 0.05) is 17.8 Å². The molecular weight excluding hydrogens is 564 g/mol. The number of halogens is 1. The molecule has 0 unspecified atom stereocenters. The molecule has 0 bridgehead atoms. The number of aliphatic carboxylic acids is 1. The second-order valence-corrected chi connectivity index (χ2v) is 13.9. The monoisotopic (exact) mass is 600 g/mol. The van der Waals surface area contributed by atoms with E-state index in [1.165, 1.54) is 10.7 Å². The maximum absolute atomic E-state index is 13.7. The zero-order valence-corrected chi connectivity index (χ0v) is 25.2. The van der Waals surface area contributed by atoms with Crippen LogP contribution >= 0.6 is 11.6 Å². The highest BCUT2D eigenvalue weighted by molar-refractivity contribution is 7.89. The SMILES string of the molecule is CC[C@@H]1CN(Cc2cc([C@@H](CCc3cn(C4CCC4)nn3)C(C)(C)C(=O)O)ccc2Cl)S(=O)(=O)c2ccccc2O1. The van der Waals surface area contributed by atoms with E-state index in [1.807, 2.05) is 29.9 Å². The number of carboxylic acids is 1. The van der Waals surface area contributed by atoms with Gasteiger partial charge in [-0.25, -0.2) is 13.1 Å². The van der Waals surface area contributed by atoms with E-state index in [4.69, 9.17) is 16.3 Å². The zero-order chi connectivity index (χ0) is 29.4. The molecule has 3 aromatic rings. The summed E-state index contributed by atoms with van der Waals surface area (Å²) < 4.78 is 36.8. The molecule has 0 radical (unpaired) electrons. The molecule has 5 rings (SSSR count). The van der Waals surface area contributed by atoms with Crippen LogP contribution in [0.2, 0.25) is 5.02 Å². The van der Waals surface area contributed by atoms with Gasteiger partial charge in [0.1, 0.15) is 16.7 Å². The Morgan fingerprint density at radius 2 is 1.98 bits per heavy atom. The molecule has 1 N–H and O–H groups in total. The van der Waals surface area contributed by atoms with Gasteiger partial charge >= 0.3 is 5.97 Å². The Morgan fingerprint density at radius 1 is 1.22 bits per heavy atom. The number of sulfonamides is 1. The first-order valence-electron chi connectivity index (χ1n) is 14.2. The van der Waals surface area contributed by atoms with E-state index in [9.17, 15) is 18.3 Å². The van der Waals surface area contributed by atoms with Gasteiger partial charge in [0.25, 0.3) is 0 Å². The summed E-state index contributed by atoms with van der Waals surface area (Å²) >= 11 is 6.64. The molecule has 220 valence electrons. The van der Waals surface area contributed by atoms with Crippen LogP contribution in [0.3, 0.4) is 0 Å². The van der Waals surface area contributed by atoms with Crippen molar-refractivity contribution in [2.45, 2.75) is 88.8 Å². The van der Waals surface area contributed by atoms with Crippen LogP contribution in [0, 0.1) is 5.41 Å². The van der Waals surface area contributed by atoms with Crippen molar-refractivity contribution in [3.05, 3.63) is 70.5 Å². The fourth-order valence-electron chi connectivity index (χ4n) is 5.57. The molecule has 0 spiro atoms. The molecule has 2 aliphatic rings. The molecule has 2 heterocycles. The van der Waals surface area contributed by atoms with Crippen LogP contribution in [0.1, 0.15) is 81.7 Å². The molecule has 1 aliphatic carbocycles. The van der Waals surface area contributed by atoms with Crippen LogP contribution in [0.5, 0.6) is 5.75 Å². The number of benzene rings is 2. The van der Waals surface area contributed by atoms with Crippen molar-refractivity contribution >= 4 is 27.6 Å².